The van der Waals surface area contributed by atoms with Crippen LogP contribution in [-0.2, 0) is 6.54 Å². The van der Waals surface area contributed by atoms with Crippen molar-refractivity contribution >= 4 is 11.7 Å². The molecule has 0 aromatic heterocycles. The maximum Gasteiger partial charge on any atom is 0.322 e. The predicted octanol–water partition coefficient (Wildman–Crippen LogP) is 4.97. The van der Waals surface area contributed by atoms with Crippen LogP contribution in [0, 0.1) is 0 Å². The molecule has 2 rings (SSSR count). The van der Waals surface area contributed by atoms with Gasteiger partial charge in [0.2, 0.25) is 0 Å². The Hall–Kier alpha value is -2.53. The van der Waals surface area contributed by atoms with Gasteiger partial charge in [-0.1, -0.05) is 64.1 Å². The number of ether oxygens (including phenoxy) is 1. The van der Waals surface area contributed by atoms with E-state index in [1.165, 1.54) is 0 Å². The zero-order valence-electron chi connectivity index (χ0n) is 17.5. The number of methoxy groups -OCH3 is 1. The van der Waals surface area contributed by atoms with Gasteiger partial charge < -0.3 is 20.1 Å². The lowest BCUT2D eigenvalue weighted by Crippen LogP contribution is -2.37. The second-order valence-corrected chi connectivity index (χ2v) is 7.51. The Morgan fingerprint density at radius 2 is 1.64 bits per heavy atom. The summed E-state index contributed by atoms with van der Waals surface area (Å²) in [6.45, 7) is 8.98. The Bertz CT molecular complexity index is 761. The molecule has 0 aliphatic rings. The van der Waals surface area contributed by atoms with Gasteiger partial charge in [-0.15, -0.1) is 0 Å². The van der Waals surface area contributed by atoms with E-state index in [-0.39, 0.29) is 31.0 Å². The Kier molecular flexibility index (Phi) is 7.88. The first-order valence-electron chi connectivity index (χ1n) is 9.80. The van der Waals surface area contributed by atoms with Gasteiger partial charge in [-0.3, -0.25) is 0 Å². The fourth-order valence-electron chi connectivity index (χ4n) is 3.29. The van der Waals surface area contributed by atoms with E-state index in [0.29, 0.717) is 6.54 Å². The number of rotatable bonds is 8. The summed E-state index contributed by atoms with van der Waals surface area (Å²) in [5.74, 6) is 1.30. The van der Waals surface area contributed by atoms with Gasteiger partial charge in [-0.2, -0.15) is 0 Å². The van der Waals surface area contributed by atoms with Gasteiger partial charge in [-0.25, -0.2) is 4.79 Å². The molecule has 0 bridgehead atoms. The molecule has 0 fully saturated rings. The summed E-state index contributed by atoms with van der Waals surface area (Å²) in [7, 11) is 1.61. The molecule has 0 radical (unpaired) electrons. The topological polar surface area (TPSA) is 61.8 Å². The normalized spacial score (nSPS) is 11.0. The minimum Gasteiger partial charge on any atom is -0.496 e. The van der Waals surface area contributed by atoms with Crippen LogP contribution in [0.5, 0.6) is 5.75 Å². The van der Waals surface area contributed by atoms with Crippen LogP contribution in [0.3, 0.4) is 0 Å². The molecule has 2 amide bonds. The lowest BCUT2D eigenvalue weighted by atomic mass is 9.93. The van der Waals surface area contributed by atoms with E-state index < -0.39 is 0 Å². The number of aliphatic hydroxyl groups is 1. The van der Waals surface area contributed by atoms with Crippen molar-refractivity contribution in [3.05, 3.63) is 59.2 Å². The number of hydrogen-bond acceptors (Lipinski definition) is 3. The summed E-state index contributed by atoms with van der Waals surface area (Å²) in [4.78, 5) is 14.7. The summed E-state index contributed by atoms with van der Waals surface area (Å²) in [6.07, 6.45) is 0. The molecule has 0 aliphatic heterocycles. The lowest BCUT2D eigenvalue weighted by Gasteiger charge is -2.26. The van der Waals surface area contributed by atoms with Crippen LogP contribution in [0.2, 0.25) is 0 Å². The molecule has 0 saturated heterocycles. The van der Waals surface area contributed by atoms with Crippen LogP contribution < -0.4 is 10.1 Å². The Labute approximate surface area is 168 Å². The summed E-state index contributed by atoms with van der Waals surface area (Å²) < 4.78 is 5.40. The fourth-order valence-corrected chi connectivity index (χ4v) is 3.29. The SMILES string of the molecule is COc1ccccc1CN(CCO)C(=O)Nc1c(C(C)C)cccc1C(C)C. The molecular formula is C23H32N2O3. The maximum absolute atomic E-state index is 13.1. The van der Waals surface area contributed by atoms with Gasteiger partial charge in [0.05, 0.1) is 20.3 Å². The van der Waals surface area contributed by atoms with E-state index in [1.807, 2.05) is 30.3 Å². The first kappa shape index (κ1) is 21.8. The van der Waals surface area contributed by atoms with E-state index in [9.17, 15) is 9.90 Å². The summed E-state index contributed by atoms with van der Waals surface area (Å²) in [5.41, 5.74) is 4.00. The van der Waals surface area contributed by atoms with Crippen LogP contribution in [0.4, 0.5) is 10.5 Å². The van der Waals surface area contributed by atoms with Crippen molar-refractivity contribution in [2.75, 3.05) is 25.6 Å². The van der Waals surface area contributed by atoms with Crippen molar-refractivity contribution in [3.63, 3.8) is 0 Å². The van der Waals surface area contributed by atoms with Crippen LogP contribution in [-0.4, -0.2) is 36.3 Å². The van der Waals surface area contributed by atoms with Crippen molar-refractivity contribution in [1.82, 2.24) is 4.90 Å². The molecular weight excluding hydrogens is 352 g/mol. The minimum atomic E-state index is -0.227. The molecule has 0 unspecified atom stereocenters. The third-order valence-electron chi connectivity index (χ3n) is 4.82. The number of benzene rings is 2. The smallest absolute Gasteiger partial charge is 0.322 e. The number of amides is 2. The van der Waals surface area contributed by atoms with E-state index in [4.69, 9.17) is 4.74 Å². The Morgan fingerprint density at radius 3 is 2.18 bits per heavy atom. The summed E-state index contributed by atoms with van der Waals surface area (Å²) in [5, 5.41) is 12.6. The van der Waals surface area contributed by atoms with Crippen molar-refractivity contribution in [3.8, 4) is 5.75 Å². The third-order valence-corrected chi connectivity index (χ3v) is 4.82. The number of urea groups is 1. The van der Waals surface area contributed by atoms with Gasteiger partial charge in [-0.05, 0) is 29.0 Å². The monoisotopic (exact) mass is 384 g/mol. The third kappa shape index (κ3) is 5.26. The average Bonchev–Trinajstić information content (AvgIpc) is 2.67. The Balaban J connectivity index is 2.32. The number of nitrogens with one attached hydrogen (secondary N) is 1. The molecule has 0 saturated carbocycles. The van der Waals surface area contributed by atoms with Gasteiger partial charge in [0, 0.05) is 17.8 Å². The fraction of sp³-hybridized carbons (Fsp3) is 0.435. The number of carbonyl (C=O) groups is 1. The van der Waals surface area contributed by atoms with E-state index in [0.717, 1.165) is 28.1 Å². The van der Waals surface area contributed by atoms with Gasteiger partial charge in [0.25, 0.3) is 0 Å². The largest absolute Gasteiger partial charge is 0.496 e. The van der Waals surface area contributed by atoms with Crippen LogP contribution in [0.1, 0.15) is 56.2 Å². The molecule has 5 nitrogen and oxygen atoms in total. The number of nitrogens with zero attached hydrogens (tertiary/aromatic N) is 1. The summed E-state index contributed by atoms with van der Waals surface area (Å²) >= 11 is 0. The quantitative estimate of drug-likeness (QED) is 0.675. The molecule has 5 heteroatoms. The van der Waals surface area contributed by atoms with Crippen molar-refractivity contribution in [2.24, 2.45) is 0 Å². The van der Waals surface area contributed by atoms with Gasteiger partial charge in [0.15, 0.2) is 0 Å². The molecule has 28 heavy (non-hydrogen) atoms. The highest BCUT2D eigenvalue weighted by atomic mass is 16.5. The first-order valence-corrected chi connectivity index (χ1v) is 9.80. The predicted molar refractivity (Wildman–Crippen MR) is 114 cm³/mol. The second-order valence-electron chi connectivity index (χ2n) is 7.51. The molecule has 0 heterocycles. The lowest BCUT2D eigenvalue weighted by molar-refractivity contribution is 0.184. The van der Waals surface area contributed by atoms with E-state index in [2.05, 4.69) is 45.1 Å². The summed E-state index contributed by atoms with van der Waals surface area (Å²) in [6, 6.07) is 13.5. The van der Waals surface area contributed by atoms with Crippen molar-refractivity contribution in [2.45, 2.75) is 46.1 Å². The molecule has 2 N–H and O–H groups in total. The highest BCUT2D eigenvalue weighted by Gasteiger charge is 2.20. The zero-order valence-corrected chi connectivity index (χ0v) is 17.5. The number of anilines is 1. The minimum absolute atomic E-state index is 0.106. The molecule has 152 valence electrons. The number of para-hydroxylation sites is 2. The molecule has 2 aromatic rings. The molecule has 0 aliphatic carbocycles. The van der Waals surface area contributed by atoms with Gasteiger partial charge in [0.1, 0.15) is 5.75 Å². The molecule has 2 aromatic carbocycles. The number of hydrogen-bond donors (Lipinski definition) is 2. The van der Waals surface area contributed by atoms with E-state index in [1.54, 1.807) is 12.0 Å². The first-order chi connectivity index (χ1) is 13.4. The standard InChI is InChI=1S/C23H32N2O3/c1-16(2)19-10-8-11-20(17(3)4)22(19)24-23(27)25(13-14-26)15-18-9-6-7-12-21(18)28-5/h6-12,16-17,26H,13-15H2,1-5H3,(H,24,27). The average molecular weight is 385 g/mol. The van der Waals surface area contributed by atoms with Gasteiger partial charge >= 0.3 is 6.03 Å². The van der Waals surface area contributed by atoms with Crippen molar-refractivity contribution < 1.29 is 14.6 Å². The van der Waals surface area contributed by atoms with Crippen LogP contribution in [0.25, 0.3) is 0 Å². The second kappa shape index (κ2) is 10.1. The Morgan fingerprint density at radius 1 is 1.04 bits per heavy atom. The number of carbonyl (C=O) groups excluding carboxylic acids is 1. The maximum atomic E-state index is 13.1. The highest BCUT2D eigenvalue weighted by Crippen LogP contribution is 2.32. The molecule has 0 atom stereocenters. The van der Waals surface area contributed by atoms with E-state index >= 15 is 0 Å². The van der Waals surface area contributed by atoms with Crippen molar-refractivity contribution in [1.29, 1.82) is 0 Å². The van der Waals surface area contributed by atoms with Crippen LogP contribution >= 0.6 is 0 Å². The number of aliphatic hydroxyl groups excluding tert-OH is 1. The van der Waals surface area contributed by atoms with Crippen LogP contribution in [0.15, 0.2) is 42.5 Å². The molecule has 0 spiro atoms. The highest BCUT2D eigenvalue weighted by molar-refractivity contribution is 5.91. The zero-order chi connectivity index (χ0) is 20.7.